The summed E-state index contributed by atoms with van der Waals surface area (Å²) in [6, 6.07) is 2.75. The third-order valence-corrected chi connectivity index (χ3v) is 4.53. The fourth-order valence-electron chi connectivity index (χ4n) is 2.83. The molecule has 2 rings (SSSR count). The Morgan fingerprint density at radius 1 is 1.43 bits per heavy atom. The first-order valence-electron chi connectivity index (χ1n) is 7.74. The van der Waals surface area contributed by atoms with Gasteiger partial charge in [-0.3, -0.25) is 14.9 Å². The molecule has 1 aliphatic rings. The van der Waals surface area contributed by atoms with Crippen LogP contribution in [0.25, 0.3) is 0 Å². The Kier molecular flexibility index (Phi) is 5.96. The Morgan fingerprint density at radius 2 is 2.13 bits per heavy atom. The van der Waals surface area contributed by atoms with Gasteiger partial charge in [0.15, 0.2) is 0 Å². The topological polar surface area (TPSA) is 81.5 Å². The van der Waals surface area contributed by atoms with E-state index in [1.165, 1.54) is 18.6 Å². The van der Waals surface area contributed by atoms with E-state index in [2.05, 4.69) is 12.2 Å². The van der Waals surface area contributed by atoms with E-state index in [9.17, 15) is 14.9 Å². The van der Waals surface area contributed by atoms with Crippen molar-refractivity contribution in [1.82, 2.24) is 0 Å². The summed E-state index contributed by atoms with van der Waals surface area (Å²) in [6.45, 7) is 3.81. The summed E-state index contributed by atoms with van der Waals surface area (Å²) in [7, 11) is 0. The van der Waals surface area contributed by atoms with Crippen molar-refractivity contribution in [2.45, 2.75) is 45.6 Å². The lowest BCUT2D eigenvalue weighted by atomic mass is 9.88. The maximum absolute atomic E-state index is 12.0. The molecule has 1 aliphatic carbocycles. The highest BCUT2D eigenvalue weighted by Gasteiger charge is 2.23. The number of hydrogen-bond donors (Lipinski definition) is 1. The van der Waals surface area contributed by atoms with Crippen molar-refractivity contribution in [2.24, 2.45) is 5.92 Å². The van der Waals surface area contributed by atoms with Gasteiger partial charge in [-0.1, -0.05) is 31.4 Å². The van der Waals surface area contributed by atoms with Crippen LogP contribution in [0.15, 0.2) is 12.1 Å². The SMILES string of the molecule is Cc1cc(Cl)c([N+](=O)[O-])cc1NC(=O)COC1CCCCC1C. The molecule has 0 heterocycles. The van der Waals surface area contributed by atoms with Crippen LogP contribution < -0.4 is 5.32 Å². The Labute approximate surface area is 140 Å². The number of nitrogens with one attached hydrogen (secondary N) is 1. The highest BCUT2D eigenvalue weighted by atomic mass is 35.5. The van der Waals surface area contributed by atoms with Crippen molar-refractivity contribution >= 4 is 28.9 Å². The third kappa shape index (κ3) is 4.65. The Bertz CT molecular complexity index is 606. The van der Waals surface area contributed by atoms with E-state index in [1.54, 1.807) is 6.92 Å². The molecular formula is C16H21ClN2O4. The molecule has 126 valence electrons. The average Bonchev–Trinajstić information content (AvgIpc) is 2.49. The van der Waals surface area contributed by atoms with E-state index in [-0.39, 0.29) is 29.3 Å². The monoisotopic (exact) mass is 340 g/mol. The first kappa shape index (κ1) is 17.7. The summed E-state index contributed by atoms with van der Waals surface area (Å²) in [5.41, 5.74) is 0.820. The van der Waals surface area contributed by atoms with Gasteiger partial charge in [-0.15, -0.1) is 0 Å². The van der Waals surface area contributed by atoms with E-state index in [1.807, 2.05) is 0 Å². The summed E-state index contributed by atoms with van der Waals surface area (Å²) in [6.07, 6.45) is 4.53. The van der Waals surface area contributed by atoms with Gasteiger partial charge in [0.1, 0.15) is 11.6 Å². The van der Waals surface area contributed by atoms with E-state index < -0.39 is 4.92 Å². The summed E-state index contributed by atoms with van der Waals surface area (Å²) < 4.78 is 5.70. The van der Waals surface area contributed by atoms with Crippen LogP contribution in [0.3, 0.4) is 0 Å². The number of anilines is 1. The number of benzene rings is 1. The zero-order valence-electron chi connectivity index (χ0n) is 13.3. The molecule has 2 atom stereocenters. The molecule has 7 heteroatoms. The molecule has 1 amide bonds. The predicted molar refractivity (Wildman–Crippen MR) is 88.8 cm³/mol. The highest BCUT2D eigenvalue weighted by molar-refractivity contribution is 6.32. The minimum atomic E-state index is -0.572. The van der Waals surface area contributed by atoms with Crippen LogP contribution in [0.4, 0.5) is 11.4 Å². The number of nitro benzene ring substituents is 1. The van der Waals surface area contributed by atoms with Crippen molar-refractivity contribution in [3.8, 4) is 0 Å². The molecule has 0 radical (unpaired) electrons. The zero-order chi connectivity index (χ0) is 17.0. The quantitative estimate of drug-likeness (QED) is 0.646. The number of halogens is 1. The number of hydrogen-bond acceptors (Lipinski definition) is 4. The smallest absolute Gasteiger partial charge is 0.289 e. The van der Waals surface area contributed by atoms with Crippen molar-refractivity contribution < 1.29 is 14.5 Å². The lowest BCUT2D eigenvalue weighted by Crippen LogP contribution is -2.29. The van der Waals surface area contributed by atoms with Gasteiger partial charge < -0.3 is 10.1 Å². The van der Waals surface area contributed by atoms with Crippen LogP contribution in [0.5, 0.6) is 0 Å². The third-order valence-electron chi connectivity index (χ3n) is 4.23. The number of amides is 1. The predicted octanol–water partition coefficient (Wildman–Crippen LogP) is 4.09. The van der Waals surface area contributed by atoms with Gasteiger partial charge in [-0.05, 0) is 37.3 Å². The number of nitro groups is 1. The second kappa shape index (κ2) is 7.75. The van der Waals surface area contributed by atoms with Crippen LogP contribution >= 0.6 is 11.6 Å². The van der Waals surface area contributed by atoms with Crippen molar-refractivity contribution in [1.29, 1.82) is 0 Å². The van der Waals surface area contributed by atoms with E-state index in [0.29, 0.717) is 17.2 Å². The van der Waals surface area contributed by atoms with Crippen LogP contribution in [0.2, 0.25) is 5.02 Å². The normalized spacial score (nSPS) is 21.0. The molecule has 6 nitrogen and oxygen atoms in total. The Hall–Kier alpha value is -1.66. The first-order chi connectivity index (χ1) is 10.9. The van der Waals surface area contributed by atoms with Crippen molar-refractivity contribution in [2.75, 3.05) is 11.9 Å². The van der Waals surface area contributed by atoms with Gasteiger partial charge in [-0.2, -0.15) is 0 Å². The van der Waals surface area contributed by atoms with Gasteiger partial charge in [-0.25, -0.2) is 0 Å². The Balaban J connectivity index is 1.97. The van der Waals surface area contributed by atoms with Crippen LogP contribution in [-0.4, -0.2) is 23.5 Å². The van der Waals surface area contributed by atoms with Gasteiger partial charge in [0, 0.05) is 6.07 Å². The van der Waals surface area contributed by atoms with Crippen molar-refractivity contribution in [3.05, 3.63) is 32.8 Å². The second-order valence-electron chi connectivity index (χ2n) is 6.04. The number of carbonyl (C=O) groups excluding carboxylic acids is 1. The van der Waals surface area contributed by atoms with Crippen LogP contribution in [0.1, 0.15) is 38.2 Å². The molecule has 1 aromatic rings. The maximum Gasteiger partial charge on any atom is 0.289 e. The van der Waals surface area contributed by atoms with E-state index in [0.717, 1.165) is 19.3 Å². The molecule has 1 saturated carbocycles. The summed E-state index contributed by atoms with van der Waals surface area (Å²) >= 11 is 5.83. The second-order valence-corrected chi connectivity index (χ2v) is 6.44. The molecule has 0 aromatic heterocycles. The minimum absolute atomic E-state index is 0.0507. The van der Waals surface area contributed by atoms with Gasteiger partial charge in [0.25, 0.3) is 5.69 Å². The fourth-order valence-corrected chi connectivity index (χ4v) is 3.12. The standard InChI is InChI=1S/C16H21ClN2O4/c1-10-5-3-4-6-15(10)23-9-16(20)18-13-8-14(19(21)22)12(17)7-11(13)2/h7-8,10,15H,3-6,9H2,1-2H3,(H,18,20). The molecule has 0 spiro atoms. The van der Waals surface area contributed by atoms with E-state index >= 15 is 0 Å². The average molecular weight is 341 g/mol. The van der Waals surface area contributed by atoms with Gasteiger partial charge in [0.2, 0.25) is 5.91 Å². The van der Waals surface area contributed by atoms with Crippen LogP contribution in [-0.2, 0) is 9.53 Å². The summed E-state index contributed by atoms with van der Waals surface area (Å²) in [5.74, 6) is 0.136. The van der Waals surface area contributed by atoms with Gasteiger partial charge in [0.05, 0.1) is 16.7 Å². The molecule has 1 fully saturated rings. The molecule has 1 N–H and O–H groups in total. The minimum Gasteiger partial charge on any atom is -0.368 e. The Morgan fingerprint density at radius 3 is 2.78 bits per heavy atom. The first-order valence-corrected chi connectivity index (χ1v) is 8.12. The molecule has 0 saturated heterocycles. The molecule has 2 unspecified atom stereocenters. The zero-order valence-corrected chi connectivity index (χ0v) is 14.1. The molecule has 1 aromatic carbocycles. The number of carbonyl (C=O) groups is 1. The molecule has 23 heavy (non-hydrogen) atoms. The summed E-state index contributed by atoms with van der Waals surface area (Å²) in [5, 5.41) is 13.6. The summed E-state index contributed by atoms with van der Waals surface area (Å²) in [4.78, 5) is 22.4. The van der Waals surface area contributed by atoms with Crippen LogP contribution in [0, 0.1) is 23.0 Å². The lowest BCUT2D eigenvalue weighted by Gasteiger charge is -2.28. The molecule has 0 aliphatic heterocycles. The largest absolute Gasteiger partial charge is 0.368 e. The molecule has 0 bridgehead atoms. The number of ether oxygens (including phenoxy) is 1. The highest BCUT2D eigenvalue weighted by Crippen LogP contribution is 2.31. The molecular weight excluding hydrogens is 320 g/mol. The lowest BCUT2D eigenvalue weighted by molar-refractivity contribution is -0.384. The van der Waals surface area contributed by atoms with Gasteiger partial charge >= 0.3 is 0 Å². The number of nitrogens with zero attached hydrogens (tertiary/aromatic N) is 1. The fraction of sp³-hybridized carbons (Fsp3) is 0.562. The number of aryl methyl sites for hydroxylation is 1. The number of rotatable bonds is 5. The van der Waals surface area contributed by atoms with Crippen molar-refractivity contribution in [3.63, 3.8) is 0 Å². The van der Waals surface area contributed by atoms with E-state index in [4.69, 9.17) is 16.3 Å². The maximum atomic E-state index is 12.0.